The predicted molar refractivity (Wildman–Crippen MR) is 44.6 cm³/mol. The minimum Gasteiger partial charge on any atom is -0.363 e. The molecule has 1 aromatic heterocycles. The molecule has 0 saturated heterocycles. The fraction of sp³-hybridized carbons (Fsp3) is 0.500. The van der Waals surface area contributed by atoms with Gasteiger partial charge in [-0.25, -0.2) is 0 Å². The highest BCUT2D eigenvalue weighted by molar-refractivity contribution is 5.90. The van der Waals surface area contributed by atoms with Gasteiger partial charge in [0.2, 0.25) is 5.91 Å². The minimum atomic E-state index is -0.00630. The van der Waals surface area contributed by atoms with Crippen LogP contribution in [0.3, 0.4) is 0 Å². The predicted octanol–water partition coefficient (Wildman–Crippen LogP) is 1.66. The number of carbonyl (C=O) groups is 1. The van der Waals surface area contributed by atoms with Crippen LogP contribution in [0.25, 0.3) is 0 Å². The van der Waals surface area contributed by atoms with E-state index in [2.05, 4.69) is 15.0 Å². The summed E-state index contributed by atoms with van der Waals surface area (Å²) in [5.74, 6) is 0.359. The van der Waals surface area contributed by atoms with Gasteiger partial charge in [0.05, 0.1) is 6.20 Å². The molecule has 66 valence electrons. The van der Waals surface area contributed by atoms with Crippen molar-refractivity contribution in [2.45, 2.75) is 20.3 Å². The lowest BCUT2D eigenvalue weighted by Gasteiger charge is -2.03. The first-order chi connectivity index (χ1) is 5.68. The quantitative estimate of drug-likeness (QED) is 0.746. The van der Waals surface area contributed by atoms with E-state index in [4.69, 9.17) is 0 Å². The molecule has 0 saturated carbocycles. The van der Waals surface area contributed by atoms with Crippen LogP contribution in [0.5, 0.6) is 0 Å². The molecule has 0 spiro atoms. The van der Waals surface area contributed by atoms with Crippen molar-refractivity contribution in [2.75, 3.05) is 5.32 Å². The second-order valence-electron chi connectivity index (χ2n) is 3.06. The number of amides is 1. The Balaban J connectivity index is 2.37. The van der Waals surface area contributed by atoms with Crippen molar-refractivity contribution in [3.8, 4) is 0 Å². The van der Waals surface area contributed by atoms with E-state index in [0.29, 0.717) is 18.0 Å². The van der Waals surface area contributed by atoms with Gasteiger partial charge in [-0.3, -0.25) is 4.79 Å². The largest absolute Gasteiger partial charge is 0.363 e. The monoisotopic (exact) mass is 168 g/mol. The lowest BCUT2D eigenvalue weighted by molar-refractivity contribution is -0.116. The average Bonchev–Trinajstić information content (AvgIpc) is 2.37. The van der Waals surface area contributed by atoms with Crippen LogP contribution in [0, 0.1) is 5.92 Å². The van der Waals surface area contributed by atoms with Gasteiger partial charge in [0.15, 0.2) is 0 Å². The third-order valence-corrected chi connectivity index (χ3v) is 1.31. The van der Waals surface area contributed by atoms with Crippen LogP contribution in [-0.2, 0) is 4.79 Å². The Bertz CT molecular complexity index is 242. The molecule has 0 unspecified atom stereocenters. The molecule has 0 aliphatic carbocycles. The number of hydrogen-bond donors (Lipinski definition) is 1. The maximum atomic E-state index is 11.1. The number of anilines is 1. The average molecular weight is 168 g/mol. The molecule has 4 nitrogen and oxygen atoms in total. The summed E-state index contributed by atoms with van der Waals surface area (Å²) in [6.45, 7) is 3.99. The number of nitrogens with zero attached hydrogens (tertiary/aromatic N) is 1. The highest BCUT2D eigenvalue weighted by Crippen LogP contribution is 2.06. The van der Waals surface area contributed by atoms with Gasteiger partial charge in [0.1, 0.15) is 12.0 Å². The van der Waals surface area contributed by atoms with Gasteiger partial charge in [-0.15, -0.1) is 0 Å². The Morgan fingerprint density at radius 3 is 3.00 bits per heavy atom. The molecule has 0 aliphatic rings. The van der Waals surface area contributed by atoms with Gasteiger partial charge in [-0.05, 0) is 5.92 Å². The molecule has 1 rings (SSSR count). The van der Waals surface area contributed by atoms with Crippen molar-refractivity contribution in [1.29, 1.82) is 0 Å². The van der Waals surface area contributed by atoms with E-state index in [9.17, 15) is 4.79 Å². The first-order valence-corrected chi connectivity index (χ1v) is 3.87. The second kappa shape index (κ2) is 3.90. The maximum Gasteiger partial charge on any atom is 0.224 e. The summed E-state index contributed by atoms with van der Waals surface area (Å²) < 4.78 is 4.56. The van der Waals surface area contributed by atoms with Crippen molar-refractivity contribution in [2.24, 2.45) is 5.92 Å². The molecule has 1 amide bonds. The Morgan fingerprint density at radius 2 is 2.50 bits per heavy atom. The summed E-state index contributed by atoms with van der Waals surface area (Å²) in [7, 11) is 0. The molecule has 0 radical (unpaired) electrons. The summed E-state index contributed by atoms with van der Waals surface area (Å²) in [6.07, 6.45) is 3.39. The molecule has 1 N–H and O–H groups in total. The highest BCUT2D eigenvalue weighted by Gasteiger charge is 2.05. The van der Waals surface area contributed by atoms with E-state index >= 15 is 0 Å². The summed E-state index contributed by atoms with van der Waals surface area (Å²) in [5.41, 5.74) is 0.612. The normalized spacial score (nSPS) is 10.2. The molecule has 0 aromatic carbocycles. The Morgan fingerprint density at radius 1 is 1.75 bits per heavy atom. The van der Waals surface area contributed by atoms with E-state index in [1.165, 1.54) is 12.5 Å². The standard InChI is InChI=1S/C8H12N2O2/c1-6(2)3-8(11)10-7-4-9-12-5-7/h4-6H,3H2,1-2H3,(H,10,11). The van der Waals surface area contributed by atoms with E-state index in [0.717, 1.165) is 0 Å². The molecule has 0 atom stereocenters. The third-order valence-electron chi connectivity index (χ3n) is 1.31. The van der Waals surface area contributed by atoms with Gasteiger partial charge in [-0.1, -0.05) is 19.0 Å². The first kappa shape index (κ1) is 8.77. The van der Waals surface area contributed by atoms with Gasteiger partial charge in [0.25, 0.3) is 0 Å². The molecule has 0 fully saturated rings. The summed E-state index contributed by atoms with van der Waals surface area (Å²) in [6, 6.07) is 0. The van der Waals surface area contributed by atoms with Crippen LogP contribution in [0.4, 0.5) is 5.69 Å². The smallest absolute Gasteiger partial charge is 0.224 e. The van der Waals surface area contributed by atoms with E-state index in [-0.39, 0.29) is 5.91 Å². The number of hydrogen-bond acceptors (Lipinski definition) is 3. The molecule has 0 aliphatic heterocycles. The van der Waals surface area contributed by atoms with Crippen molar-refractivity contribution in [3.63, 3.8) is 0 Å². The van der Waals surface area contributed by atoms with Crippen LogP contribution >= 0.6 is 0 Å². The number of carbonyl (C=O) groups excluding carboxylic acids is 1. The van der Waals surface area contributed by atoms with Crippen LogP contribution in [-0.4, -0.2) is 11.1 Å². The fourth-order valence-electron chi connectivity index (χ4n) is 0.849. The topological polar surface area (TPSA) is 55.1 Å². The third kappa shape index (κ3) is 2.74. The fourth-order valence-corrected chi connectivity index (χ4v) is 0.849. The van der Waals surface area contributed by atoms with Crippen molar-refractivity contribution in [3.05, 3.63) is 12.5 Å². The maximum absolute atomic E-state index is 11.1. The molecule has 0 bridgehead atoms. The van der Waals surface area contributed by atoms with Gasteiger partial charge in [0, 0.05) is 6.42 Å². The highest BCUT2D eigenvalue weighted by atomic mass is 16.5. The van der Waals surface area contributed by atoms with Crippen molar-refractivity contribution in [1.82, 2.24) is 5.16 Å². The van der Waals surface area contributed by atoms with Gasteiger partial charge >= 0.3 is 0 Å². The molecule has 12 heavy (non-hydrogen) atoms. The Kier molecular flexibility index (Phi) is 2.85. The SMILES string of the molecule is CC(C)CC(=O)Nc1cnoc1. The molecular weight excluding hydrogens is 156 g/mol. The molecule has 1 aromatic rings. The van der Waals surface area contributed by atoms with Crippen LogP contribution in [0.2, 0.25) is 0 Å². The lowest BCUT2D eigenvalue weighted by atomic mass is 10.1. The summed E-state index contributed by atoms with van der Waals surface area (Å²) in [4.78, 5) is 11.1. The summed E-state index contributed by atoms with van der Waals surface area (Å²) >= 11 is 0. The van der Waals surface area contributed by atoms with Crippen molar-refractivity contribution < 1.29 is 9.32 Å². The van der Waals surface area contributed by atoms with Crippen LogP contribution < -0.4 is 5.32 Å². The van der Waals surface area contributed by atoms with Gasteiger partial charge in [-0.2, -0.15) is 0 Å². The number of aromatic nitrogens is 1. The molecule has 1 heterocycles. The van der Waals surface area contributed by atoms with Crippen molar-refractivity contribution >= 4 is 11.6 Å². The minimum absolute atomic E-state index is 0.00630. The van der Waals surface area contributed by atoms with Gasteiger partial charge < -0.3 is 9.84 Å². The molecule has 4 heteroatoms. The van der Waals surface area contributed by atoms with Crippen LogP contribution in [0.1, 0.15) is 20.3 Å². The Hall–Kier alpha value is -1.32. The zero-order chi connectivity index (χ0) is 8.97. The zero-order valence-corrected chi connectivity index (χ0v) is 7.20. The zero-order valence-electron chi connectivity index (χ0n) is 7.20. The first-order valence-electron chi connectivity index (χ1n) is 3.87. The Labute approximate surface area is 70.9 Å². The number of rotatable bonds is 3. The lowest BCUT2D eigenvalue weighted by Crippen LogP contribution is -2.13. The number of nitrogens with one attached hydrogen (secondary N) is 1. The molecular formula is C8H12N2O2. The summed E-state index contributed by atoms with van der Waals surface area (Å²) in [5, 5.41) is 6.12. The second-order valence-corrected chi connectivity index (χ2v) is 3.06. The van der Waals surface area contributed by atoms with E-state index < -0.39 is 0 Å². The van der Waals surface area contributed by atoms with E-state index in [1.807, 2.05) is 13.8 Å². The van der Waals surface area contributed by atoms with E-state index in [1.54, 1.807) is 0 Å². The van der Waals surface area contributed by atoms with Crippen LogP contribution in [0.15, 0.2) is 17.0 Å².